The zero-order valence-electron chi connectivity index (χ0n) is 14.4. The minimum Gasteiger partial charge on any atom is -0.353 e. The molecule has 132 valence electrons. The molecule has 0 aliphatic heterocycles. The van der Waals surface area contributed by atoms with Gasteiger partial charge in [0.15, 0.2) is 0 Å². The van der Waals surface area contributed by atoms with E-state index in [1.54, 1.807) is 52.0 Å². The van der Waals surface area contributed by atoms with Crippen LogP contribution in [0.15, 0.2) is 24.3 Å². The van der Waals surface area contributed by atoms with Gasteiger partial charge in [0.05, 0.1) is 0 Å². The maximum Gasteiger partial charge on any atom is 0.251 e. The van der Waals surface area contributed by atoms with Gasteiger partial charge < -0.3 is 16.0 Å². The quantitative estimate of drug-likeness (QED) is 0.681. The van der Waals surface area contributed by atoms with Gasteiger partial charge in [-0.25, -0.2) is 0 Å². The van der Waals surface area contributed by atoms with E-state index in [0.717, 1.165) is 0 Å². The van der Waals surface area contributed by atoms with Crippen LogP contribution < -0.4 is 16.0 Å². The van der Waals surface area contributed by atoms with Crippen molar-refractivity contribution >= 4 is 29.3 Å². The molecule has 0 aliphatic rings. The fourth-order valence-electron chi connectivity index (χ4n) is 1.70. The van der Waals surface area contributed by atoms with Crippen molar-refractivity contribution in [2.45, 2.75) is 33.7 Å². The maximum absolute atomic E-state index is 11.9. The van der Waals surface area contributed by atoms with Crippen molar-refractivity contribution in [3.05, 3.63) is 34.9 Å². The molecule has 1 aromatic rings. The molecule has 0 aromatic heterocycles. The Kier molecular flexibility index (Phi) is 7.22. The first kappa shape index (κ1) is 20.0. The number of halogens is 1. The van der Waals surface area contributed by atoms with Crippen molar-refractivity contribution in [2.75, 3.05) is 13.1 Å². The Bertz CT molecular complexity index is 594. The standard InChI is InChI=1S/C17H24ClN3O3/c1-11(21-16(24)17(2,3)4)14(22)19-9-10-20-15(23)12-5-7-13(18)8-6-12/h5-8,11H,9-10H2,1-4H3,(H,19,22)(H,20,23)(H,21,24). The van der Waals surface area contributed by atoms with Gasteiger partial charge in [0.25, 0.3) is 5.91 Å². The van der Waals surface area contributed by atoms with Crippen molar-refractivity contribution < 1.29 is 14.4 Å². The molecule has 6 nitrogen and oxygen atoms in total. The summed E-state index contributed by atoms with van der Waals surface area (Å²) < 4.78 is 0. The van der Waals surface area contributed by atoms with Crippen LogP contribution in [0.1, 0.15) is 38.1 Å². The highest BCUT2D eigenvalue weighted by Crippen LogP contribution is 2.12. The maximum atomic E-state index is 11.9. The normalized spacial score (nSPS) is 12.2. The number of carbonyl (C=O) groups excluding carboxylic acids is 3. The second kappa shape index (κ2) is 8.68. The fourth-order valence-corrected chi connectivity index (χ4v) is 1.82. The number of rotatable bonds is 6. The van der Waals surface area contributed by atoms with Gasteiger partial charge in [-0.15, -0.1) is 0 Å². The summed E-state index contributed by atoms with van der Waals surface area (Å²) in [6.45, 7) is 7.50. The molecular weight excluding hydrogens is 330 g/mol. The summed E-state index contributed by atoms with van der Waals surface area (Å²) in [5, 5.41) is 8.57. The third kappa shape index (κ3) is 6.58. The molecule has 3 N–H and O–H groups in total. The van der Waals surface area contributed by atoms with Crippen LogP contribution >= 0.6 is 11.6 Å². The van der Waals surface area contributed by atoms with Gasteiger partial charge in [-0.1, -0.05) is 32.4 Å². The number of hydrogen-bond donors (Lipinski definition) is 3. The van der Waals surface area contributed by atoms with Crippen molar-refractivity contribution in [3.8, 4) is 0 Å². The van der Waals surface area contributed by atoms with Crippen molar-refractivity contribution in [1.29, 1.82) is 0 Å². The lowest BCUT2D eigenvalue weighted by Gasteiger charge is -2.21. The first-order chi connectivity index (χ1) is 11.1. The third-order valence-electron chi connectivity index (χ3n) is 3.24. The molecule has 3 amide bonds. The zero-order chi connectivity index (χ0) is 18.3. The first-order valence-corrected chi connectivity index (χ1v) is 8.11. The molecule has 1 atom stereocenters. The van der Waals surface area contributed by atoms with Crippen LogP contribution in [0.25, 0.3) is 0 Å². The summed E-state index contributed by atoms with van der Waals surface area (Å²) in [6.07, 6.45) is 0. The molecule has 0 fully saturated rings. The molecule has 0 saturated carbocycles. The van der Waals surface area contributed by atoms with Crippen LogP contribution in [0, 0.1) is 5.41 Å². The molecule has 0 saturated heterocycles. The van der Waals surface area contributed by atoms with E-state index in [0.29, 0.717) is 10.6 Å². The van der Waals surface area contributed by atoms with Crippen molar-refractivity contribution in [2.24, 2.45) is 5.41 Å². The number of amides is 3. The van der Waals surface area contributed by atoms with Crippen molar-refractivity contribution in [3.63, 3.8) is 0 Å². The van der Waals surface area contributed by atoms with Gasteiger partial charge in [0.2, 0.25) is 11.8 Å². The third-order valence-corrected chi connectivity index (χ3v) is 3.49. The molecule has 0 aliphatic carbocycles. The number of nitrogens with one attached hydrogen (secondary N) is 3. The van der Waals surface area contributed by atoms with E-state index in [-0.39, 0.29) is 30.8 Å². The van der Waals surface area contributed by atoms with Crippen LogP contribution in [-0.4, -0.2) is 36.9 Å². The smallest absolute Gasteiger partial charge is 0.251 e. The molecule has 7 heteroatoms. The summed E-state index contributed by atoms with van der Waals surface area (Å²) in [4.78, 5) is 35.6. The lowest BCUT2D eigenvalue weighted by atomic mass is 9.95. The van der Waals surface area contributed by atoms with E-state index in [4.69, 9.17) is 11.6 Å². The van der Waals surface area contributed by atoms with Gasteiger partial charge in [-0.2, -0.15) is 0 Å². The van der Waals surface area contributed by atoms with E-state index < -0.39 is 11.5 Å². The number of hydrogen-bond acceptors (Lipinski definition) is 3. The Labute approximate surface area is 147 Å². The average Bonchev–Trinajstić information content (AvgIpc) is 2.50. The topological polar surface area (TPSA) is 87.3 Å². The Balaban J connectivity index is 2.31. The summed E-state index contributed by atoms with van der Waals surface area (Å²) in [5.74, 6) is -0.732. The van der Waals surface area contributed by atoms with Gasteiger partial charge in [-0.05, 0) is 31.2 Å². The van der Waals surface area contributed by atoms with Gasteiger partial charge >= 0.3 is 0 Å². The largest absolute Gasteiger partial charge is 0.353 e. The molecule has 1 rings (SSSR count). The molecule has 0 heterocycles. The Hall–Kier alpha value is -2.08. The molecule has 0 bridgehead atoms. The SMILES string of the molecule is CC(NC(=O)C(C)(C)C)C(=O)NCCNC(=O)c1ccc(Cl)cc1. The average molecular weight is 354 g/mol. The Morgan fingerprint density at radius 2 is 1.58 bits per heavy atom. The van der Waals surface area contributed by atoms with Gasteiger partial charge in [0, 0.05) is 29.1 Å². The van der Waals surface area contributed by atoms with E-state index in [2.05, 4.69) is 16.0 Å². The van der Waals surface area contributed by atoms with Crippen LogP contribution in [0.3, 0.4) is 0 Å². The molecule has 24 heavy (non-hydrogen) atoms. The number of carbonyl (C=O) groups is 3. The Morgan fingerprint density at radius 1 is 1.04 bits per heavy atom. The lowest BCUT2D eigenvalue weighted by molar-refractivity contribution is -0.133. The lowest BCUT2D eigenvalue weighted by Crippen LogP contribution is -2.49. The highest BCUT2D eigenvalue weighted by atomic mass is 35.5. The zero-order valence-corrected chi connectivity index (χ0v) is 15.2. The predicted octanol–water partition coefficient (Wildman–Crippen LogP) is 1.74. The molecule has 0 radical (unpaired) electrons. The molecule has 1 unspecified atom stereocenters. The van der Waals surface area contributed by atoms with Crippen LogP contribution in [0.5, 0.6) is 0 Å². The second-order valence-corrected chi connectivity index (χ2v) is 6.94. The first-order valence-electron chi connectivity index (χ1n) is 7.73. The van der Waals surface area contributed by atoms with E-state index >= 15 is 0 Å². The molecule has 1 aromatic carbocycles. The monoisotopic (exact) mass is 353 g/mol. The minimum absolute atomic E-state index is 0.193. The van der Waals surface area contributed by atoms with Crippen LogP contribution in [-0.2, 0) is 9.59 Å². The van der Waals surface area contributed by atoms with E-state index in [9.17, 15) is 14.4 Å². The van der Waals surface area contributed by atoms with E-state index in [1.807, 2.05) is 0 Å². The second-order valence-electron chi connectivity index (χ2n) is 6.50. The van der Waals surface area contributed by atoms with Gasteiger partial charge in [0.1, 0.15) is 6.04 Å². The van der Waals surface area contributed by atoms with Crippen LogP contribution in [0.2, 0.25) is 5.02 Å². The highest BCUT2D eigenvalue weighted by Gasteiger charge is 2.24. The molecule has 0 spiro atoms. The minimum atomic E-state index is -0.635. The summed E-state index contributed by atoms with van der Waals surface area (Å²) in [6, 6.07) is 5.89. The van der Waals surface area contributed by atoms with Crippen LogP contribution in [0.4, 0.5) is 0 Å². The van der Waals surface area contributed by atoms with Gasteiger partial charge in [-0.3, -0.25) is 14.4 Å². The summed E-state index contributed by atoms with van der Waals surface area (Å²) >= 11 is 5.76. The predicted molar refractivity (Wildman–Crippen MR) is 93.9 cm³/mol. The fraction of sp³-hybridized carbons (Fsp3) is 0.471. The summed E-state index contributed by atoms with van der Waals surface area (Å²) in [7, 11) is 0. The van der Waals surface area contributed by atoms with Crippen molar-refractivity contribution in [1.82, 2.24) is 16.0 Å². The molecular formula is C17H24ClN3O3. The Morgan fingerprint density at radius 3 is 2.12 bits per heavy atom. The van der Waals surface area contributed by atoms with E-state index in [1.165, 1.54) is 0 Å². The number of benzene rings is 1. The highest BCUT2D eigenvalue weighted by molar-refractivity contribution is 6.30. The summed E-state index contributed by atoms with van der Waals surface area (Å²) in [5.41, 5.74) is -0.0577.